The molecule has 0 spiro atoms. The minimum Gasteiger partial charge on any atom is -0.383 e. The van der Waals surface area contributed by atoms with E-state index in [1.54, 1.807) is 31.4 Å². The molecule has 29 heavy (non-hydrogen) atoms. The molecule has 1 heterocycles. The number of benzene rings is 2. The summed E-state index contributed by atoms with van der Waals surface area (Å²) in [4.78, 5) is 13.0. The highest BCUT2D eigenvalue weighted by Crippen LogP contribution is 2.25. The number of ether oxygens (including phenoxy) is 1. The maximum Gasteiger partial charge on any atom is 0.268 e. The number of fused-ring (bicyclic) bond motifs is 1. The van der Waals surface area contributed by atoms with Crippen LogP contribution in [0.25, 0.3) is 10.9 Å². The van der Waals surface area contributed by atoms with E-state index in [4.69, 9.17) is 4.74 Å². The van der Waals surface area contributed by atoms with Gasteiger partial charge in [-0.05, 0) is 29.8 Å². The molecule has 0 radical (unpaired) electrons. The van der Waals surface area contributed by atoms with Crippen molar-refractivity contribution in [1.29, 1.82) is 0 Å². The molecule has 0 unspecified atom stereocenters. The molecule has 1 amide bonds. The second kappa shape index (κ2) is 8.77. The van der Waals surface area contributed by atoms with Gasteiger partial charge in [0.25, 0.3) is 5.91 Å². The Kier molecular flexibility index (Phi) is 6.36. The summed E-state index contributed by atoms with van der Waals surface area (Å²) in [6.45, 7) is 1.30. The number of hydrogen-bond acceptors (Lipinski definition) is 4. The molecule has 2 aromatic carbocycles. The molecule has 3 rings (SSSR count). The molecule has 1 N–H and O–H groups in total. The summed E-state index contributed by atoms with van der Waals surface area (Å²) < 4.78 is 33.1. The Balaban J connectivity index is 2.08. The first-order chi connectivity index (χ1) is 13.8. The molecule has 1 aromatic heterocycles. The average Bonchev–Trinajstić information content (AvgIpc) is 3.06. The van der Waals surface area contributed by atoms with Crippen molar-refractivity contribution in [1.82, 2.24) is 14.2 Å². The second-order valence-electron chi connectivity index (χ2n) is 6.86. The summed E-state index contributed by atoms with van der Waals surface area (Å²) in [5.41, 5.74) is 2.31. The number of hydrogen-bond donors (Lipinski definition) is 1. The fraction of sp³-hybridized carbons (Fsp3) is 0.286. The van der Waals surface area contributed by atoms with Gasteiger partial charge >= 0.3 is 0 Å². The van der Waals surface area contributed by atoms with Crippen LogP contribution in [0.15, 0.2) is 59.5 Å². The summed E-state index contributed by atoms with van der Waals surface area (Å²) in [6, 6.07) is 16.5. The normalized spacial score (nSPS) is 11.9. The third-order valence-corrected chi connectivity index (χ3v) is 6.47. The van der Waals surface area contributed by atoms with Crippen LogP contribution in [0.2, 0.25) is 0 Å². The lowest BCUT2D eigenvalue weighted by Crippen LogP contribution is -2.29. The molecule has 0 aliphatic carbocycles. The number of nitrogens with zero attached hydrogens (tertiary/aromatic N) is 2. The van der Waals surface area contributed by atoms with Crippen LogP contribution in [0.5, 0.6) is 0 Å². The highest BCUT2D eigenvalue weighted by atomic mass is 32.2. The molecule has 0 saturated carbocycles. The van der Waals surface area contributed by atoms with E-state index in [1.807, 2.05) is 34.9 Å². The molecule has 3 aromatic rings. The fourth-order valence-electron chi connectivity index (χ4n) is 3.10. The first-order valence-electron chi connectivity index (χ1n) is 9.21. The van der Waals surface area contributed by atoms with Crippen LogP contribution in [0, 0.1) is 0 Å². The third kappa shape index (κ3) is 4.50. The molecule has 0 aliphatic heterocycles. The van der Waals surface area contributed by atoms with Crippen LogP contribution < -0.4 is 5.32 Å². The zero-order chi connectivity index (χ0) is 21.0. The van der Waals surface area contributed by atoms with Crippen LogP contribution in [0.3, 0.4) is 0 Å². The van der Waals surface area contributed by atoms with Crippen molar-refractivity contribution in [2.45, 2.75) is 11.4 Å². The van der Waals surface area contributed by atoms with Gasteiger partial charge in [-0.3, -0.25) is 4.79 Å². The number of carbonyl (C=O) groups is 1. The third-order valence-electron chi connectivity index (χ3n) is 4.66. The van der Waals surface area contributed by atoms with Crippen LogP contribution >= 0.6 is 0 Å². The minimum absolute atomic E-state index is 0.193. The maximum atomic E-state index is 12.8. The van der Waals surface area contributed by atoms with E-state index >= 15 is 0 Å². The zero-order valence-electron chi connectivity index (χ0n) is 16.8. The Morgan fingerprint density at radius 3 is 2.48 bits per heavy atom. The summed E-state index contributed by atoms with van der Waals surface area (Å²) in [7, 11) is 1.00. The SMILES string of the molecule is COCCNC(=O)c1cc2cc(S(=O)(=O)N(C)C)ccc2n1Cc1ccccc1. The summed E-state index contributed by atoms with van der Waals surface area (Å²) in [5, 5.41) is 3.53. The lowest BCUT2D eigenvalue weighted by atomic mass is 10.2. The number of nitrogens with one attached hydrogen (secondary N) is 1. The molecular weight excluding hydrogens is 390 g/mol. The van der Waals surface area contributed by atoms with Crippen LogP contribution in [-0.2, 0) is 21.3 Å². The van der Waals surface area contributed by atoms with Crippen molar-refractivity contribution < 1.29 is 17.9 Å². The second-order valence-corrected chi connectivity index (χ2v) is 9.01. The predicted molar refractivity (Wildman–Crippen MR) is 113 cm³/mol. The van der Waals surface area contributed by atoms with Gasteiger partial charge in [0.1, 0.15) is 5.69 Å². The Hall–Kier alpha value is -2.68. The topological polar surface area (TPSA) is 80.6 Å². The molecule has 0 bridgehead atoms. The highest BCUT2D eigenvalue weighted by molar-refractivity contribution is 7.89. The fourth-order valence-corrected chi connectivity index (χ4v) is 4.04. The van der Waals surface area contributed by atoms with Gasteiger partial charge in [-0.2, -0.15) is 0 Å². The Bertz CT molecular complexity index is 1110. The standard InChI is InChI=1S/C21H25N3O4S/c1-23(2)29(26,27)18-9-10-19-17(13-18)14-20(21(25)22-11-12-28-3)24(19)15-16-7-5-4-6-8-16/h4-10,13-14H,11-12,15H2,1-3H3,(H,22,25). The monoisotopic (exact) mass is 415 g/mol. The van der Waals surface area contributed by atoms with Gasteiger partial charge in [0.2, 0.25) is 10.0 Å². The van der Waals surface area contributed by atoms with Gasteiger partial charge < -0.3 is 14.6 Å². The Labute approximate surface area is 170 Å². The summed E-state index contributed by atoms with van der Waals surface area (Å²) >= 11 is 0. The van der Waals surface area contributed by atoms with Gasteiger partial charge in [-0.1, -0.05) is 30.3 Å². The zero-order valence-corrected chi connectivity index (χ0v) is 17.6. The maximum absolute atomic E-state index is 12.8. The minimum atomic E-state index is -3.56. The molecule has 0 aliphatic rings. The van der Waals surface area contributed by atoms with Gasteiger partial charge in [-0.25, -0.2) is 12.7 Å². The quantitative estimate of drug-likeness (QED) is 0.573. The predicted octanol–water partition coefficient (Wildman–Crippen LogP) is 2.32. The number of aromatic nitrogens is 1. The van der Waals surface area contributed by atoms with Crippen molar-refractivity contribution in [3.63, 3.8) is 0 Å². The first-order valence-corrected chi connectivity index (χ1v) is 10.7. The number of carbonyl (C=O) groups excluding carboxylic acids is 1. The van der Waals surface area contributed by atoms with E-state index in [0.29, 0.717) is 30.8 Å². The summed E-state index contributed by atoms with van der Waals surface area (Å²) in [5.74, 6) is -0.230. The van der Waals surface area contributed by atoms with E-state index in [1.165, 1.54) is 18.4 Å². The lowest BCUT2D eigenvalue weighted by Gasteiger charge is -2.13. The van der Waals surface area contributed by atoms with Gasteiger partial charge in [0, 0.05) is 45.2 Å². The molecule has 7 nitrogen and oxygen atoms in total. The van der Waals surface area contributed by atoms with Crippen LogP contribution in [-0.4, -0.2) is 57.6 Å². The van der Waals surface area contributed by atoms with Crippen molar-refractivity contribution in [2.75, 3.05) is 34.4 Å². The Morgan fingerprint density at radius 1 is 1.10 bits per heavy atom. The number of methoxy groups -OCH3 is 1. The Morgan fingerprint density at radius 2 is 1.83 bits per heavy atom. The van der Waals surface area contributed by atoms with Crippen molar-refractivity contribution in [3.8, 4) is 0 Å². The van der Waals surface area contributed by atoms with Gasteiger partial charge in [0.15, 0.2) is 0 Å². The van der Waals surface area contributed by atoms with E-state index in [0.717, 1.165) is 11.1 Å². The smallest absolute Gasteiger partial charge is 0.268 e. The molecule has 8 heteroatoms. The number of rotatable bonds is 8. The summed E-state index contributed by atoms with van der Waals surface area (Å²) in [6.07, 6.45) is 0. The van der Waals surface area contributed by atoms with E-state index < -0.39 is 10.0 Å². The van der Waals surface area contributed by atoms with Gasteiger partial charge in [-0.15, -0.1) is 0 Å². The van der Waals surface area contributed by atoms with E-state index in [-0.39, 0.29) is 10.8 Å². The highest BCUT2D eigenvalue weighted by Gasteiger charge is 2.21. The number of sulfonamides is 1. The van der Waals surface area contributed by atoms with E-state index in [9.17, 15) is 13.2 Å². The van der Waals surface area contributed by atoms with E-state index in [2.05, 4.69) is 5.32 Å². The molecule has 0 fully saturated rings. The molecule has 0 atom stereocenters. The van der Waals surface area contributed by atoms with Gasteiger partial charge in [0.05, 0.1) is 11.5 Å². The lowest BCUT2D eigenvalue weighted by molar-refractivity contribution is 0.0928. The average molecular weight is 416 g/mol. The first kappa shape index (κ1) is 21.0. The molecule has 0 saturated heterocycles. The van der Waals surface area contributed by atoms with Crippen molar-refractivity contribution in [3.05, 3.63) is 65.9 Å². The molecule has 154 valence electrons. The van der Waals surface area contributed by atoms with Crippen molar-refractivity contribution in [2.24, 2.45) is 0 Å². The van der Waals surface area contributed by atoms with Crippen LogP contribution in [0.1, 0.15) is 16.1 Å². The molecular formula is C21H25N3O4S. The van der Waals surface area contributed by atoms with Crippen molar-refractivity contribution >= 4 is 26.8 Å². The van der Waals surface area contributed by atoms with Crippen LogP contribution in [0.4, 0.5) is 0 Å². The number of amides is 1. The largest absolute Gasteiger partial charge is 0.383 e.